The Hall–Kier alpha value is -3.45. The van der Waals surface area contributed by atoms with Crippen molar-refractivity contribution in [2.45, 2.75) is 26.7 Å². The molecule has 1 unspecified atom stereocenters. The molecule has 2 aromatic rings. The molecule has 1 aliphatic carbocycles. The second-order valence-corrected chi connectivity index (χ2v) is 8.01. The molecule has 0 saturated heterocycles. The van der Waals surface area contributed by atoms with Crippen molar-refractivity contribution in [2.24, 2.45) is 10.4 Å². The van der Waals surface area contributed by atoms with Gasteiger partial charge in [-0.15, -0.1) is 0 Å². The standard InChI is InChI=1S/C24H28N4O3/c1-4-17(10-11-25-15-26-16(2)30)22-23(27-18-8-6-5-7-9-18)21-19(28-22)12-24(3,14-29)13-20(21)31/h4-11,27-29H,1,12-15H2,2-3H3,(H,26,30)/b17-10+,25-11?. The lowest BCUT2D eigenvalue weighted by Crippen LogP contribution is -2.32. The number of H-pyrrole nitrogens is 1. The van der Waals surface area contributed by atoms with Crippen LogP contribution in [0.4, 0.5) is 11.4 Å². The number of fused-ring (bicyclic) bond motifs is 1. The number of amides is 1. The molecule has 1 heterocycles. The highest BCUT2D eigenvalue weighted by molar-refractivity contribution is 6.07. The molecule has 1 amide bonds. The van der Waals surface area contributed by atoms with Gasteiger partial charge in [0.1, 0.15) is 6.67 Å². The van der Waals surface area contributed by atoms with Crippen LogP contribution in [0.5, 0.6) is 0 Å². The normalized spacial score (nSPS) is 18.7. The van der Waals surface area contributed by atoms with Gasteiger partial charge in [0.15, 0.2) is 5.78 Å². The van der Waals surface area contributed by atoms with Crippen LogP contribution in [0.25, 0.3) is 5.57 Å². The van der Waals surface area contributed by atoms with Gasteiger partial charge in [-0.25, -0.2) is 0 Å². The largest absolute Gasteiger partial charge is 0.396 e. The number of aromatic nitrogens is 1. The summed E-state index contributed by atoms with van der Waals surface area (Å²) in [4.78, 5) is 31.6. The zero-order chi connectivity index (χ0) is 22.4. The number of carbonyl (C=O) groups excluding carboxylic acids is 2. The quantitative estimate of drug-likeness (QED) is 0.386. The van der Waals surface area contributed by atoms with Gasteiger partial charge >= 0.3 is 0 Å². The molecule has 1 aromatic heterocycles. The minimum absolute atomic E-state index is 0.0125. The predicted molar refractivity (Wildman–Crippen MR) is 124 cm³/mol. The monoisotopic (exact) mass is 420 g/mol. The van der Waals surface area contributed by atoms with Crippen LogP contribution in [0, 0.1) is 5.41 Å². The Kier molecular flexibility index (Phi) is 6.87. The minimum Gasteiger partial charge on any atom is -0.396 e. The Balaban J connectivity index is 2.04. The van der Waals surface area contributed by atoms with E-state index in [2.05, 4.69) is 27.2 Å². The molecule has 0 fully saturated rings. The Morgan fingerprint density at radius 2 is 2.06 bits per heavy atom. The number of allylic oxidation sites excluding steroid dienone is 3. The molecule has 4 N–H and O–H groups in total. The lowest BCUT2D eigenvalue weighted by atomic mass is 9.75. The first-order chi connectivity index (χ1) is 14.9. The van der Waals surface area contributed by atoms with E-state index in [9.17, 15) is 14.7 Å². The van der Waals surface area contributed by atoms with E-state index < -0.39 is 5.41 Å². The van der Waals surface area contributed by atoms with E-state index in [1.54, 1.807) is 18.4 Å². The molecule has 0 saturated carbocycles. The molecule has 0 aliphatic heterocycles. The fraction of sp³-hybridized carbons (Fsp3) is 0.292. The fourth-order valence-electron chi connectivity index (χ4n) is 3.67. The summed E-state index contributed by atoms with van der Waals surface area (Å²) in [6.45, 7) is 7.38. The third-order valence-electron chi connectivity index (χ3n) is 5.26. The first-order valence-corrected chi connectivity index (χ1v) is 10.1. The first kappa shape index (κ1) is 22.2. The van der Waals surface area contributed by atoms with Crippen molar-refractivity contribution >= 4 is 34.9 Å². The van der Waals surface area contributed by atoms with E-state index in [1.165, 1.54) is 6.92 Å². The van der Waals surface area contributed by atoms with Gasteiger partial charge in [-0.05, 0) is 24.6 Å². The number of ketones is 1. The van der Waals surface area contributed by atoms with Gasteiger partial charge in [0, 0.05) is 48.5 Å². The van der Waals surface area contributed by atoms with Crippen LogP contribution >= 0.6 is 0 Å². The number of para-hydroxylation sites is 1. The summed E-state index contributed by atoms with van der Waals surface area (Å²) >= 11 is 0. The molecule has 1 aliphatic rings. The summed E-state index contributed by atoms with van der Waals surface area (Å²) in [5, 5.41) is 15.8. The summed E-state index contributed by atoms with van der Waals surface area (Å²) in [6.07, 6.45) is 5.90. The third kappa shape index (κ3) is 5.19. The second kappa shape index (κ2) is 9.57. The van der Waals surface area contributed by atoms with Crippen LogP contribution in [0.15, 0.2) is 54.1 Å². The minimum atomic E-state index is -0.492. The molecule has 3 rings (SSSR count). The van der Waals surface area contributed by atoms with Gasteiger partial charge in [-0.2, -0.15) is 0 Å². The molecule has 7 heteroatoms. The van der Waals surface area contributed by atoms with Crippen molar-refractivity contribution in [3.63, 3.8) is 0 Å². The van der Waals surface area contributed by atoms with Crippen LogP contribution in [-0.4, -0.2) is 41.3 Å². The molecule has 0 radical (unpaired) electrons. The molecular weight excluding hydrogens is 392 g/mol. The number of aliphatic hydroxyl groups excluding tert-OH is 1. The number of Topliss-reactive ketones (excluding diaryl/α,β-unsaturated/α-hetero) is 1. The number of anilines is 2. The summed E-state index contributed by atoms with van der Waals surface area (Å²) in [5.41, 5.74) is 3.94. The maximum absolute atomic E-state index is 13.1. The van der Waals surface area contributed by atoms with Crippen molar-refractivity contribution in [1.82, 2.24) is 10.3 Å². The summed E-state index contributed by atoms with van der Waals surface area (Å²) in [5.74, 6) is -0.164. The van der Waals surface area contributed by atoms with Crippen LogP contribution in [0.1, 0.15) is 42.0 Å². The van der Waals surface area contributed by atoms with E-state index in [0.29, 0.717) is 17.7 Å². The Morgan fingerprint density at radius 3 is 2.71 bits per heavy atom. The number of nitrogens with zero attached hydrogens (tertiary/aromatic N) is 1. The van der Waals surface area contributed by atoms with Crippen molar-refractivity contribution in [3.05, 3.63) is 66.0 Å². The highest BCUT2D eigenvalue weighted by atomic mass is 16.3. The highest BCUT2D eigenvalue weighted by Crippen LogP contribution is 2.42. The first-order valence-electron chi connectivity index (χ1n) is 10.1. The molecule has 0 bridgehead atoms. The fourth-order valence-corrected chi connectivity index (χ4v) is 3.67. The van der Waals surface area contributed by atoms with E-state index in [4.69, 9.17) is 0 Å². The van der Waals surface area contributed by atoms with Crippen molar-refractivity contribution < 1.29 is 14.7 Å². The van der Waals surface area contributed by atoms with E-state index >= 15 is 0 Å². The van der Waals surface area contributed by atoms with Gasteiger partial charge in [0.2, 0.25) is 5.91 Å². The van der Waals surface area contributed by atoms with Gasteiger partial charge in [0.05, 0.1) is 16.9 Å². The van der Waals surface area contributed by atoms with Gasteiger partial charge in [-0.3, -0.25) is 14.6 Å². The van der Waals surface area contributed by atoms with E-state index in [0.717, 1.165) is 22.6 Å². The van der Waals surface area contributed by atoms with Gasteiger partial charge < -0.3 is 20.7 Å². The van der Waals surface area contributed by atoms with Crippen molar-refractivity contribution in [2.75, 3.05) is 18.6 Å². The number of aliphatic imine (C=N–C) groups is 1. The molecule has 7 nitrogen and oxygen atoms in total. The van der Waals surface area contributed by atoms with Crippen LogP contribution in [0.2, 0.25) is 0 Å². The second-order valence-electron chi connectivity index (χ2n) is 8.01. The Bertz CT molecular complexity index is 1040. The lowest BCUT2D eigenvalue weighted by molar-refractivity contribution is -0.118. The number of hydrogen-bond donors (Lipinski definition) is 4. The number of benzene rings is 1. The van der Waals surface area contributed by atoms with Crippen LogP contribution in [0.3, 0.4) is 0 Å². The summed E-state index contributed by atoms with van der Waals surface area (Å²) < 4.78 is 0. The molecule has 0 spiro atoms. The molecule has 31 heavy (non-hydrogen) atoms. The number of aromatic amines is 1. The average Bonchev–Trinajstić information content (AvgIpc) is 3.09. The van der Waals surface area contributed by atoms with Crippen molar-refractivity contribution in [3.8, 4) is 0 Å². The van der Waals surface area contributed by atoms with Gasteiger partial charge in [-0.1, -0.05) is 37.8 Å². The van der Waals surface area contributed by atoms with Gasteiger partial charge in [0.25, 0.3) is 0 Å². The Labute approximate surface area is 182 Å². The number of rotatable bonds is 8. The van der Waals surface area contributed by atoms with Crippen molar-refractivity contribution in [1.29, 1.82) is 0 Å². The molecular formula is C24H28N4O3. The zero-order valence-corrected chi connectivity index (χ0v) is 17.9. The maximum atomic E-state index is 13.1. The summed E-state index contributed by atoms with van der Waals surface area (Å²) in [7, 11) is 0. The van der Waals surface area contributed by atoms with E-state index in [-0.39, 0.29) is 31.4 Å². The highest BCUT2D eigenvalue weighted by Gasteiger charge is 2.38. The number of nitrogens with one attached hydrogen (secondary N) is 3. The van der Waals surface area contributed by atoms with Crippen LogP contribution in [-0.2, 0) is 11.2 Å². The van der Waals surface area contributed by atoms with E-state index in [1.807, 2.05) is 37.3 Å². The molecule has 1 aromatic carbocycles. The Morgan fingerprint density at radius 1 is 1.32 bits per heavy atom. The average molecular weight is 421 g/mol. The maximum Gasteiger partial charge on any atom is 0.218 e. The topological polar surface area (TPSA) is 107 Å². The predicted octanol–water partition coefficient (Wildman–Crippen LogP) is 3.62. The third-order valence-corrected chi connectivity index (χ3v) is 5.26. The van der Waals surface area contributed by atoms with Crippen LogP contribution < -0.4 is 10.6 Å². The molecule has 162 valence electrons. The SMILES string of the molecule is C=C/C(=C\C=NCNC(C)=O)c1[nH]c2c(c1Nc1ccccc1)C(=O)CC(C)(CO)C2. The summed E-state index contributed by atoms with van der Waals surface area (Å²) in [6, 6.07) is 9.63. The number of aliphatic hydroxyl groups is 1. The number of hydrogen-bond acceptors (Lipinski definition) is 5. The number of carbonyl (C=O) groups is 2. The smallest absolute Gasteiger partial charge is 0.218 e. The lowest BCUT2D eigenvalue weighted by Gasteiger charge is -2.30. The zero-order valence-electron chi connectivity index (χ0n) is 17.9. The molecule has 1 atom stereocenters.